The van der Waals surface area contributed by atoms with Crippen molar-refractivity contribution in [2.75, 3.05) is 5.32 Å². The van der Waals surface area contributed by atoms with Crippen LogP contribution in [0.1, 0.15) is 5.76 Å². The van der Waals surface area contributed by atoms with Gasteiger partial charge in [-0.3, -0.25) is 15.0 Å². The van der Waals surface area contributed by atoms with Crippen molar-refractivity contribution in [3.8, 4) is 11.3 Å². The van der Waals surface area contributed by atoms with Gasteiger partial charge in [-0.15, -0.1) is 0 Å². The van der Waals surface area contributed by atoms with Crippen LogP contribution >= 0.6 is 0 Å². The van der Waals surface area contributed by atoms with Crippen molar-refractivity contribution in [1.82, 2.24) is 10.2 Å². The molecule has 0 atom stereocenters. The lowest BCUT2D eigenvalue weighted by Crippen LogP contribution is -1.97. The van der Waals surface area contributed by atoms with Gasteiger partial charge in [0.1, 0.15) is 5.76 Å². The molecule has 3 aromatic rings. The SMILES string of the molecule is O=c1cc(-c2ccc(NCc3ccco3)cc2)[nH][nH]1. The lowest BCUT2D eigenvalue weighted by atomic mass is 10.1. The van der Waals surface area contributed by atoms with E-state index in [1.165, 1.54) is 6.07 Å². The van der Waals surface area contributed by atoms with E-state index in [0.717, 1.165) is 22.7 Å². The summed E-state index contributed by atoms with van der Waals surface area (Å²) in [5.41, 5.74) is 2.61. The van der Waals surface area contributed by atoms with Crippen molar-refractivity contribution in [3.05, 3.63) is 64.8 Å². The van der Waals surface area contributed by atoms with Crippen LogP contribution in [-0.2, 0) is 6.54 Å². The van der Waals surface area contributed by atoms with Crippen LogP contribution < -0.4 is 10.9 Å². The van der Waals surface area contributed by atoms with Crippen molar-refractivity contribution >= 4 is 5.69 Å². The van der Waals surface area contributed by atoms with Gasteiger partial charge in [0.25, 0.3) is 5.56 Å². The first kappa shape index (κ1) is 11.4. The van der Waals surface area contributed by atoms with Gasteiger partial charge in [0.15, 0.2) is 0 Å². The Morgan fingerprint density at radius 2 is 1.95 bits per heavy atom. The van der Waals surface area contributed by atoms with Crippen molar-refractivity contribution in [2.45, 2.75) is 6.54 Å². The van der Waals surface area contributed by atoms with Gasteiger partial charge in [-0.1, -0.05) is 12.1 Å². The number of benzene rings is 1. The second-order valence-electron chi connectivity index (χ2n) is 4.18. The number of rotatable bonds is 4. The first-order valence-electron chi connectivity index (χ1n) is 5.96. The van der Waals surface area contributed by atoms with Crippen molar-refractivity contribution in [2.24, 2.45) is 0 Å². The van der Waals surface area contributed by atoms with Crippen LogP contribution in [0, 0.1) is 0 Å². The largest absolute Gasteiger partial charge is 0.467 e. The van der Waals surface area contributed by atoms with Gasteiger partial charge >= 0.3 is 0 Å². The Kier molecular flexibility index (Phi) is 2.94. The zero-order chi connectivity index (χ0) is 13.1. The molecule has 0 amide bonds. The van der Waals surface area contributed by atoms with E-state index in [1.54, 1.807) is 6.26 Å². The van der Waals surface area contributed by atoms with Crippen molar-refractivity contribution in [3.63, 3.8) is 0 Å². The molecule has 1 aromatic carbocycles. The molecule has 0 saturated carbocycles. The molecule has 3 N–H and O–H groups in total. The molecule has 0 radical (unpaired) electrons. The highest BCUT2D eigenvalue weighted by Gasteiger charge is 2.01. The van der Waals surface area contributed by atoms with E-state index >= 15 is 0 Å². The molecular weight excluding hydrogens is 242 g/mol. The third-order valence-corrected chi connectivity index (χ3v) is 2.84. The summed E-state index contributed by atoms with van der Waals surface area (Å²) in [6, 6.07) is 13.1. The van der Waals surface area contributed by atoms with E-state index in [9.17, 15) is 4.79 Å². The van der Waals surface area contributed by atoms with E-state index < -0.39 is 0 Å². The van der Waals surface area contributed by atoms with Gasteiger partial charge in [0.05, 0.1) is 18.5 Å². The second kappa shape index (κ2) is 4.89. The molecule has 0 aliphatic carbocycles. The zero-order valence-electron chi connectivity index (χ0n) is 10.1. The molecule has 0 bridgehead atoms. The molecular formula is C14H13N3O2. The number of hydrogen-bond donors (Lipinski definition) is 3. The van der Waals surface area contributed by atoms with Gasteiger partial charge in [-0.2, -0.15) is 0 Å². The standard InChI is InChI=1S/C14H13N3O2/c18-14-8-13(16-17-14)10-3-5-11(6-4-10)15-9-12-2-1-7-19-12/h1-8,15H,9H2,(H2,16,17,18). The van der Waals surface area contributed by atoms with Crippen molar-refractivity contribution < 1.29 is 4.42 Å². The van der Waals surface area contributed by atoms with E-state index in [4.69, 9.17) is 4.42 Å². The van der Waals surface area contributed by atoms with Gasteiger partial charge in [-0.05, 0) is 29.8 Å². The number of anilines is 1. The fourth-order valence-corrected chi connectivity index (χ4v) is 1.86. The molecule has 0 aliphatic rings. The third-order valence-electron chi connectivity index (χ3n) is 2.84. The summed E-state index contributed by atoms with van der Waals surface area (Å²) < 4.78 is 5.24. The summed E-state index contributed by atoms with van der Waals surface area (Å²) in [5, 5.41) is 8.60. The molecule has 2 heterocycles. The van der Waals surface area contributed by atoms with Crippen LogP contribution in [0.5, 0.6) is 0 Å². The number of aromatic amines is 2. The van der Waals surface area contributed by atoms with E-state index in [0.29, 0.717) is 6.54 Å². The van der Waals surface area contributed by atoms with Gasteiger partial charge in [0.2, 0.25) is 0 Å². The Morgan fingerprint density at radius 3 is 2.58 bits per heavy atom. The smallest absolute Gasteiger partial charge is 0.264 e. The highest BCUT2D eigenvalue weighted by Crippen LogP contribution is 2.18. The molecule has 2 aromatic heterocycles. The van der Waals surface area contributed by atoms with E-state index in [1.807, 2.05) is 36.4 Å². The minimum atomic E-state index is -0.130. The molecule has 5 heteroatoms. The zero-order valence-corrected chi connectivity index (χ0v) is 10.1. The summed E-state index contributed by atoms with van der Waals surface area (Å²) in [4.78, 5) is 11.1. The summed E-state index contributed by atoms with van der Waals surface area (Å²) >= 11 is 0. The lowest BCUT2D eigenvalue weighted by Gasteiger charge is -2.05. The van der Waals surface area contributed by atoms with Crippen LogP contribution in [0.3, 0.4) is 0 Å². The summed E-state index contributed by atoms with van der Waals surface area (Å²) in [7, 11) is 0. The topological polar surface area (TPSA) is 73.8 Å². The maximum Gasteiger partial charge on any atom is 0.264 e. The van der Waals surface area contributed by atoms with Crippen LogP contribution in [-0.4, -0.2) is 10.2 Å². The quantitative estimate of drug-likeness (QED) is 0.670. The van der Waals surface area contributed by atoms with E-state index in [-0.39, 0.29) is 5.56 Å². The molecule has 96 valence electrons. The van der Waals surface area contributed by atoms with Gasteiger partial charge in [-0.25, -0.2) is 0 Å². The maximum absolute atomic E-state index is 11.1. The molecule has 0 aliphatic heterocycles. The van der Waals surface area contributed by atoms with Crippen LogP contribution in [0.4, 0.5) is 5.69 Å². The summed E-state index contributed by atoms with van der Waals surface area (Å²) in [5.74, 6) is 0.888. The average molecular weight is 255 g/mol. The molecule has 0 fully saturated rings. The number of furan rings is 1. The minimum absolute atomic E-state index is 0.130. The fraction of sp³-hybridized carbons (Fsp3) is 0.0714. The molecule has 3 rings (SSSR count). The Bertz CT molecular complexity index is 693. The maximum atomic E-state index is 11.1. The van der Waals surface area contributed by atoms with Crippen molar-refractivity contribution in [1.29, 1.82) is 0 Å². The normalized spacial score (nSPS) is 10.5. The number of H-pyrrole nitrogens is 2. The first-order chi connectivity index (χ1) is 9.31. The molecule has 0 saturated heterocycles. The lowest BCUT2D eigenvalue weighted by molar-refractivity contribution is 0.518. The molecule has 0 unspecified atom stereocenters. The molecule has 0 spiro atoms. The highest BCUT2D eigenvalue weighted by atomic mass is 16.3. The Balaban J connectivity index is 1.70. The Morgan fingerprint density at radius 1 is 1.11 bits per heavy atom. The van der Waals surface area contributed by atoms with Gasteiger partial charge < -0.3 is 9.73 Å². The Labute approximate surface area is 109 Å². The molecule has 5 nitrogen and oxygen atoms in total. The third kappa shape index (κ3) is 2.60. The van der Waals surface area contributed by atoms with Crippen LogP contribution in [0.2, 0.25) is 0 Å². The minimum Gasteiger partial charge on any atom is -0.467 e. The van der Waals surface area contributed by atoms with E-state index in [2.05, 4.69) is 15.5 Å². The number of hydrogen-bond acceptors (Lipinski definition) is 3. The average Bonchev–Trinajstić information content (AvgIpc) is 3.08. The predicted molar refractivity (Wildman–Crippen MR) is 72.9 cm³/mol. The molecule has 19 heavy (non-hydrogen) atoms. The van der Waals surface area contributed by atoms with Crippen LogP contribution in [0.25, 0.3) is 11.3 Å². The predicted octanol–water partition coefficient (Wildman–Crippen LogP) is 2.58. The van der Waals surface area contributed by atoms with Crippen LogP contribution in [0.15, 0.2) is 57.9 Å². The van der Waals surface area contributed by atoms with Gasteiger partial charge in [0, 0.05) is 11.8 Å². The number of aromatic nitrogens is 2. The Hall–Kier alpha value is -2.69. The second-order valence-corrected chi connectivity index (χ2v) is 4.18. The first-order valence-corrected chi connectivity index (χ1v) is 5.96. The monoisotopic (exact) mass is 255 g/mol. The number of nitrogens with one attached hydrogen (secondary N) is 3. The fourth-order valence-electron chi connectivity index (χ4n) is 1.86. The summed E-state index contributed by atoms with van der Waals surface area (Å²) in [6.07, 6.45) is 1.66. The highest BCUT2D eigenvalue weighted by molar-refractivity contribution is 5.62. The summed E-state index contributed by atoms with van der Waals surface area (Å²) in [6.45, 7) is 0.646.